The minimum Gasteiger partial charge on any atom is -0.458 e. The van der Waals surface area contributed by atoms with Gasteiger partial charge in [-0.25, -0.2) is 4.79 Å². The number of rotatable bonds is 3. The van der Waals surface area contributed by atoms with Crippen LogP contribution in [0.25, 0.3) is 0 Å². The first-order valence-electron chi connectivity index (χ1n) is 12.7. The number of hydrogen-bond donors (Lipinski definition) is 4. The van der Waals surface area contributed by atoms with Crippen molar-refractivity contribution >= 4 is 11.9 Å². The van der Waals surface area contributed by atoms with Gasteiger partial charge in [-0.2, -0.15) is 0 Å². The molecule has 2 fully saturated rings. The second kappa shape index (κ2) is 8.95. The monoisotopic (exact) mass is 492 g/mol. The van der Waals surface area contributed by atoms with Crippen molar-refractivity contribution in [1.29, 1.82) is 0 Å². The first-order chi connectivity index (χ1) is 16.6. The fraction of sp³-hybridized carbons (Fsp3) is 0.769. The maximum atomic E-state index is 13.6. The summed E-state index contributed by atoms with van der Waals surface area (Å²) in [5, 5.41) is 40.0. The van der Waals surface area contributed by atoms with Gasteiger partial charge in [-0.3, -0.25) is 4.79 Å². The number of allylic oxidation sites excluding steroid dienone is 2. The molecule has 0 unspecified atom stereocenters. The number of hydrogen-bond acceptors (Lipinski definition) is 9. The molecule has 35 heavy (non-hydrogen) atoms. The van der Waals surface area contributed by atoms with E-state index in [1.807, 2.05) is 6.92 Å². The van der Waals surface area contributed by atoms with E-state index in [1.165, 1.54) is 11.1 Å². The van der Waals surface area contributed by atoms with E-state index in [0.717, 1.165) is 49.7 Å². The molecule has 0 aromatic rings. The quantitative estimate of drug-likeness (QED) is 0.338. The second-order valence-electron chi connectivity index (χ2n) is 11.3. The highest BCUT2D eigenvalue weighted by molar-refractivity contribution is 5.92. The molecule has 0 bridgehead atoms. The van der Waals surface area contributed by atoms with Gasteiger partial charge in [0.2, 0.25) is 6.29 Å². The molecule has 4 N–H and O–H groups in total. The van der Waals surface area contributed by atoms with E-state index in [0.29, 0.717) is 19.4 Å². The van der Waals surface area contributed by atoms with Gasteiger partial charge in [0.1, 0.15) is 31.0 Å². The number of carbonyl (C=O) groups is 2. The van der Waals surface area contributed by atoms with Crippen LogP contribution in [0.15, 0.2) is 22.3 Å². The summed E-state index contributed by atoms with van der Waals surface area (Å²) in [5.74, 6) is -0.683. The van der Waals surface area contributed by atoms with Crippen LogP contribution in [-0.4, -0.2) is 76.3 Å². The highest BCUT2D eigenvalue weighted by Crippen LogP contribution is 2.62. The second-order valence-corrected chi connectivity index (χ2v) is 11.3. The van der Waals surface area contributed by atoms with E-state index >= 15 is 0 Å². The van der Waals surface area contributed by atoms with E-state index in [4.69, 9.17) is 14.2 Å². The Morgan fingerprint density at radius 1 is 1.06 bits per heavy atom. The molecule has 5 aliphatic rings. The number of fused-ring (bicyclic) bond motifs is 2. The van der Waals surface area contributed by atoms with Gasteiger partial charge in [-0.15, -0.1) is 0 Å². The first-order valence-corrected chi connectivity index (χ1v) is 12.7. The van der Waals surface area contributed by atoms with Crippen LogP contribution in [0.2, 0.25) is 0 Å². The SMILES string of the molecule is C[C@]1(C(=O)O[C@@H]2O[C@H](CO)[C@@H](O)[C@H](O)[C@H]2O)CCC[C@]2(C)C3=C(CC[C@@H]12)CC1=C(CC3)C(=O)OC1. The fourth-order valence-corrected chi connectivity index (χ4v) is 7.47. The Morgan fingerprint density at radius 3 is 2.57 bits per heavy atom. The van der Waals surface area contributed by atoms with Crippen LogP contribution in [-0.2, 0) is 23.8 Å². The Balaban J connectivity index is 1.38. The van der Waals surface area contributed by atoms with E-state index in [-0.39, 0.29) is 17.3 Å². The van der Waals surface area contributed by atoms with Crippen molar-refractivity contribution in [1.82, 2.24) is 0 Å². The van der Waals surface area contributed by atoms with Crippen LogP contribution >= 0.6 is 0 Å². The van der Waals surface area contributed by atoms with Crippen molar-refractivity contribution in [3.8, 4) is 0 Å². The molecule has 2 heterocycles. The Hall–Kier alpha value is -1.78. The van der Waals surface area contributed by atoms with Crippen LogP contribution in [0.3, 0.4) is 0 Å². The van der Waals surface area contributed by atoms with Crippen LogP contribution in [0, 0.1) is 16.7 Å². The van der Waals surface area contributed by atoms with Crippen LogP contribution < -0.4 is 0 Å². The maximum absolute atomic E-state index is 13.6. The smallest absolute Gasteiger partial charge is 0.334 e. The molecule has 3 aliphatic carbocycles. The average Bonchev–Trinajstić information content (AvgIpc) is 3.05. The highest BCUT2D eigenvalue weighted by Gasteiger charge is 2.57. The van der Waals surface area contributed by atoms with E-state index in [1.54, 1.807) is 0 Å². The normalized spacial score (nSPS) is 43.7. The van der Waals surface area contributed by atoms with Gasteiger partial charge in [0, 0.05) is 5.57 Å². The van der Waals surface area contributed by atoms with Gasteiger partial charge in [-0.1, -0.05) is 24.5 Å². The summed E-state index contributed by atoms with van der Waals surface area (Å²) in [6, 6.07) is 0. The number of carbonyl (C=O) groups excluding carboxylic acids is 2. The standard InChI is InChI=1S/C26H36O9/c1-25-8-3-9-26(2,24(32)35-23-21(30)20(29)19(28)17(11-27)34-23)18(25)7-4-13-10-14-12-33-22(31)15(14)5-6-16(13)25/h17-21,23,27-30H,3-12H2,1-2H3/t17-,18-,19-,20+,21-,23+,25-,26+/m1/s1. The summed E-state index contributed by atoms with van der Waals surface area (Å²) >= 11 is 0. The molecule has 0 aromatic heterocycles. The van der Waals surface area contributed by atoms with Crippen LogP contribution in [0.1, 0.15) is 65.2 Å². The third-order valence-corrected chi connectivity index (χ3v) is 9.42. The zero-order valence-electron chi connectivity index (χ0n) is 20.4. The lowest BCUT2D eigenvalue weighted by atomic mass is 9.49. The lowest BCUT2D eigenvalue weighted by molar-refractivity contribution is -0.297. The summed E-state index contributed by atoms with van der Waals surface area (Å²) in [6.07, 6.45) is -1.03. The topological polar surface area (TPSA) is 143 Å². The summed E-state index contributed by atoms with van der Waals surface area (Å²) in [5.41, 5.74) is 3.62. The van der Waals surface area contributed by atoms with Gasteiger partial charge in [-0.05, 0) is 68.8 Å². The maximum Gasteiger partial charge on any atom is 0.334 e. The summed E-state index contributed by atoms with van der Waals surface area (Å²) in [6.45, 7) is 3.95. The molecule has 1 saturated heterocycles. The van der Waals surface area contributed by atoms with Crippen molar-refractivity contribution in [3.05, 3.63) is 22.3 Å². The zero-order chi connectivity index (χ0) is 25.1. The third-order valence-electron chi connectivity index (χ3n) is 9.42. The third kappa shape index (κ3) is 3.87. The predicted molar refractivity (Wildman–Crippen MR) is 122 cm³/mol. The minimum atomic E-state index is -1.62. The minimum absolute atomic E-state index is 0.0137. The van der Waals surface area contributed by atoms with E-state index < -0.39 is 48.7 Å². The lowest BCUT2D eigenvalue weighted by Crippen LogP contribution is -2.60. The average molecular weight is 493 g/mol. The molecular weight excluding hydrogens is 456 g/mol. The Bertz CT molecular complexity index is 968. The van der Waals surface area contributed by atoms with Crippen LogP contribution in [0.5, 0.6) is 0 Å². The Labute approximate surface area is 204 Å². The molecule has 1 saturated carbocycles. The number of aliphatic hydroxyl groups excluding tert-OH is 4. The molecule has 9 nitrogen and oxygen atoms in total. The number of esters is 2. The van der Waals surface area contributed by atoms with Gasteiger partial charge >= 0.3 is 11.9 Å². The van der Waals surface area contributed by atoms with Crippen molar-refractivity contribution in [2.24, 2.45) is 16.7 Å². The summed E-state index contributed by atoms with van der Waals surface area (Å²) in [4.78, 5) is 25.8. The molecule has 8 atom stereocenters. The Morgan fingerprint density at radius 2 is 1.83 bits per heavy atom. The van der Waals surface area contributed by atoms with Gasteiger partial charge in [0.15, 0.2) is 0 Å². The number of ether oxygens (including phenoxy) is 3. The molecule has 5 rings (SSSR count). The molecule has 0 radical (unpaired) electrons. The van der Waals surface area contributed by atoms with Gasteiger partial charge in [0.25, 0.3) is 0 Å². The summed E-state index contributed by atoms with van der Waals surface area (Å²) < 4.78 is 16.4. The first kappa shape index (κ1) is 24.9. The highest BCUT2D eigenvalue weighted by atomic mass is 16.7. The van der Waals surface area contributed by atoms with E-state index in [2.05, 4.69) is 6.92 Å². The predicted octanol–water partition coefficient (Wildman–Crippen LogP) is 1.27. The van der Waals surface area contributed by atoms with Crippen LogP contribution in [0.4, 0.5) is 0 Å². The molecular formula is C26H36O9. The number of cyclic esters (lactones) is 1. The molecule has 194 valence electrons. The number of aliphatic hydroxyl groups is 4. The zero-order valence-corrected chi connectivity index (χ0v) is 20.4. The molecule has 0 amide bonds. The fourth-order valence-electron chi connectivity index (χ4n) is 7.47. The lowest BCUT2D eigenvalue weighted by Gasteiger charge is -2.55. The molecule has 0 spiro atoms. The van der Waals surface area contributed by atoms with Gasteiger partial charge < -0.3 is 34.6 Å². The van der Waals surface area contributed by atoms with Crippen molar-refractivity contribution in [2.45, 2.75) is 95.9 Å². The van der Waals surface area contributed by atoms with E-state index in [9.17, 15) is 30.0 Å². The molecule has 2 aliphatic heterocycles. The Kier molecular flexibility index (Phi) is 6.37. The van der Waals surface area contributed by atoms with Gasteiger partial charge in [0.05, 0.1) is 12.0 Å². The van der Waals surface area contributed by atoms with Crippen molar-refractivity contribution in [3.63, 3.8) is 0 Å². The molecule has 0 aromatic carbocycles. The summed E-state index contributed by atoms with van der Waals surface area (Å²) in [7, 11) is 0. The van der Waals surface area contributed by atoms with Crippen molar-refractivity contribution < 1.29 is 44.2 Å². The largest absolute Gasteiger partial charge is 0.458 e. The molecule has 9 heteroatoms. The van der Waals surface area contributed by atoms with Crippen molar-refractivity contribution in [2.75, 3.05) is 13.2 Å².